The molecule has 19 heavy (non-hydrogen) atoms. The Labute approximate surface area is 119 Å². The minimum atomic E-state index is -1.17. The van der Waals surface area contributed by atoms with Crippen LogP contribution in [0.4, 0.5) is 0 Å². The van der Waals surface area contributed by atoms with Crippen molar-refractivity contribution in [1.29, 1.82) is 0 Å². The molecular formula is C17H24Si2. The van der Waals surface area contributed by atoms with Gasteiger partial charge in [-0.25, -0.2) is 0 Å². The van der Waals surface area contributed by atoms with Gasteiger partial charge in [-0.05, 0) is 0 Å². The first-order valence-electron chi connectivity index (χ1n) is 7.31. The van der Waals surface area contributed by atoms with Gasteiger partial charge in [-0.1, -0.05) is 104 Å². The zero-order chi connectivity index (χ0) is 13.7. The molecule has 0 fully saturated rings. The molecule has 0 aromatic heterocycles. The Balaban J connectivity index is 2.52. The molecule has 0 radical (unpaired) electrons. The monoisotopic (exact) mass is 284 g/mol. The Hall–Kier alpha value is -1.13. The molecule has 0 heterocycles. The summed E-state index contributed by atoms with van der Waals surface area (Å²) in [5.41, 5.74) is 0. The number of hydrogen-bond acceptors (Lipinski definition) is 0. The van der Waals surface area contributed by atoms with Gasteiger partial charge in [-0.2, -0.15) is 0 Å². The van der Waals surface area contributed by atoms with Gasteiger partial charge in [0.2, 0.25) is 0 Å². The summed E-state index contributed by atoms with van der Waals surface area (Å²) >= 11 is 0. The Bertz CT molecular complexity index is 450. The third kappa shape index (κ3) is 3.07. The summed E-state index contributed by atoms with van der Waals surface area (Å²) in [5, 5.41) is 3.26. The van der Waals surface area contributed by atoms with Crippen LogP contribution in [0.2, 0.25) is 18.6 Å². The molecule has 0 aliphatic carbocycles. The molecule has 0 spiro atoms. The molecule has 2 aromatic carbocycles. The summed E-state index contributed by atoms with van der Waals surface area (Å²) in [6.07, 6.45) is 0. The molecule has 0 saturated carbocycles. The highest BCUT2D eigenvalue weighted by molar-refractivity contribution is 7.41. The largest absolute Gasteiger partial charge is 0.0962 e. The second-order valence-corrected chi connectivity index (χ2v) is 18.5. The van der Waals surface area contributed by atoms with Crippen molar-refractivity contribution >= 4 is 26.3 Å². The van der Waals surface area contributed by atoms with E-state index in [0.29, 0.717) is 0 Å². The van der Waals surface area contributed by atoms with Gasteiger partial charge in [0.15, 0.2) is 0 Å². The lowest BCUT2D eigenvalue weighted by Gasteiger charge is -2.34. The van der Waals surface area contributed by atoms with Gasteiger partial charge in [0.1, 0.15) is 0 Å². The molecule has 0 aliphatic rings. The highest BCUT2D eigenvalue weighted by Gasteiger charge is 2.36. The fourth-order valence-electron chi connectivity index (χ4n) is 2.95. The van der Waals surface area contributed by atoms with Crippen molar-refractivity contribution in [3.05, 3.63) is 60.7 Å². The molecule has 0 amide bonds. The van der Waals surface area contributed by atoms with E-state index in [1.807, 2.05) is 0 Å². The first kappa shape index (κ1) is 14.3. The number of benzene rings is 2. The molecule has 0 bridgehead atoms. The van der Waals surface area contributed by atoms with Gasteiger partial charge in [0, 0.05) is 0 Å². The van der Waals surface area contributed by atoms with E-state index in [0.717, 1.165) is 0 Å². The molecule has 2 heteroatoms. The highest BCUT2D eigenvalue weighted by atomic mass is 29.2. The molecule has 2 aromatic rings. The normalized spacial score (nSPS) is 11.8. The third-order valence-electron chi connectivity index (χ3n) is 4.58. The van der Waals surface area contributed by atoms with E-state index in [1.54, 1.807) is 10.4 Å². The zero-order valence-electron chi connectivity index (χ0n) is 12.3. The van der Waals surface area contributed by atoms with E-state index in [2.05, 4.69) is 81.1 Å². The third-order valence-corrected chi connectivity index (χ3v) is 19.9. The highest BCUT2D eigenvalue weighted by Crippen LogP contribution is 2.18. The Morgan fingerprint density at radius 1 is 0.737 bits per heavy atom. The average molecular weight is 285 g/mol. The summed E-state index contributed by atoms with van der Waals surface area (Å²) in [7, 11) is -2.21. The van der Waals surface area contributed by atoms with E-state index in [4.69, 9.17) is 0 Å². The van der Waals surface area contributed by atoms with Crippen LogP contribution in [0.25, 0.3) is 0 Å². The minimum Gasteiger partial charge on any atom is -0.0707 e. The van der Waals surface area contributed by atoms with Crippen LogP contribution in [0.5, 0.6) is 0 Å². The molecule has 2 rings (SSSR count). The smallest absolute Gasteiger partial charge is 0.0707 e. The summed E-state index contributed by atoms with van der Waals surface area (Å²) in [4.78, 5) is 0. The molecule has 100 valence electrons. The first-order chi connectivity index (χ1) is 9.21. The molecular weight excluding hydrogens is 260 g/mol. The summed E-state index contributed by atoms with van der Waals surface area (Å²) in [6, 6.07) is 25.3. The molecule has 0 saturated heterocycles. The zero-order valence-corrected chi connectivity index (χ0v) is 14.4. The van der Waals surface area contributed by atoms with E-state index in [1.165, 1.54) is 12.1 Å². The van der Waals surface area contributed by atoms with Crippen LogP contribution in [-0.2, 0) is 0 Å². The topological polar surface area (TPSA) is 0 Å². The number of rotatable bonds is 5. The van der Waals surface area contributed by atoms with Gasteiger partial charge < -0.3 is 0 Å². The lowest BCUT2D eigenvalue weighted by Crippen LogP contribution is -2.61. The van der Waals surface area contributed by atoms with Crippen LogP contribution in [0.15, 0.2) is 60.7 Å². The standard InChI is InChI=1S/C17H24Si2/c1-4-19(3,5-2)18(16-12-8-6-9-13-16)17-14-10-7-11-15-17/h6-15,18H,4-5H2,1-3H3. The predicted molar refractivity (Wildman–Crippen MR) is 91.9 cm³/mol. The Morgan fingerprint density at radius 2 is 1.11 bits per heavy atom. The molecule has 0 N–H and O–H groups in total. The summed E-state index contributed by atoms with van der Waals surface area (Å²) in [5.74, 6) is 0. The van der Waals surface area contributed by atoms with Crippen molar-refractivity contribution in [3.8, 4) is 0 Å². The molecule has 0 nitrogen and oxygen atoms in total. The quantitative estimate of drug-likeness (QED) is 0.740. The maximum Gasteiger partial charge on any atom is 0.0962 e. The van der Waals surface area contributed by atoms with Crippen molar-refractivity contribution in [2.75, 3.05) is 0 Å². The fourth-order valence-corrected chi connectivity index (χ4v) is 15.9. The van der Waals surface area contributed by atoms with Crippen LogP contribution >= 0.6 is 0 Å². The SMILES string of the molecule is CC[Si](C)(CC)[SiH](c1ccccc1)c1ccccc1. The lowest BCUT2D eigenvalue weighted by atomic mass is 10.4. The summed E-state index contributed by atoms with van der Waals surface area (Å²) < 4.78 is 0. The van der Waals surface area contributed by atoms with Crippen LogP contribution < -0.4 is 10.4 Å². The van der Waals surface area contributed by atoms with Crippen molar-refractivity contribution in [2.24, 2.45) is 0 Å². The summed E-state index contributed by atoms with van der Waals surface area (Å²) in [6.45, 7) is 7.42. The van der Waals surface area contributed by atoms with Crippen LogP contribution in [0.1, 0.15) is 13.8 Å². The Kier molecular flexibility index (Phi) is 4.78. The lowest BCUT2D eigenvalue weighted by molar-refractivity contribution is 1.29. The van der Waals surface area contributed by atoms with Crippen molar-refractivity contribution < 1.29 is 0 Å². The maximum atomic E-state index is 2.61. The van der Waals surface area contributed by atoms with Crippen molar-refractivity contribution in [3.63, 3.8) is 0 Å². The van der Waals surface area contributed by atoms with Gasteiger partial charge in [0.05, 0.1) is 15.9 Å². The van der Waals surface area contributed by atoms with Gasteiger partial charge >= 0.3 is 0 Å². The fraction of sp³-hybridized carbons (Fsp3) is 0.294. The van der Waals surface area contributed by atoms with E-state index < -0.39 is 15.9 Å². The van der Waals surface area contributed by atoms with Gasteiger partial charge in [-0.15, -0.1) is 0 Å². The minimum absolute atomic E-state index is 1.04. The Morgan fingerprint density at radius 3 is 1.42 bits per heavy atom. The first-order valence-corrected chi connectivity index (χ1v) is 13.2. The van der Waals surface area contributed by atoms with Crippen LogP contribution in [0, 0.1) is 0 Å². The van der Waals surface area contributed by atoms with Gasteiger partial charge in [0.25, 0.3) is 0 Å². The predicted octanol–water partition coefficient (Wildman–Crippen LogP) is 3.22. The molecule has 0 unspecified atom stereocenters. The van der Waals surface area contributed by atoms with Crippen molar-refractivity contribution in [1.82, 2.24) is 0 Å². The molecule has 0 atom stereocenters. The average Bonchev–Trinajstić information content (AvgIpc) is 2.49. The van der Waals surface area contributed by atoms with Crippen LogP contribution in [0.3, 0.4) is 0 Å². The second kappa shape index (κ2) is 6.35. The maximum absolute atomic E-state index is 2.61. The van der Waals surface area contributed by atoms with Crippen molar-refractivity contribution in [2.45, 2.75) is 32.5 Å². The van der Waals surface area contributed by atoms with E-state index >= 15 is 0 Å². The second-order valence-electron chi connectivity index (χ2n) is 5.62. The van der Waals surface area contributed by atoms with E-state index in [9.17, 15) is 0 Å². The van der Waals surface area contributed by atoms with E-state index in [-0.39, 0.29) is 0 Å². The van der Waals surface area contributed by atoms with Crippen LogP contribution in [-0.4, -0.2) is 15.9 Å². The van der Waals surface area contributed by atoms with Gasteiger partial charge in [-0.3, -0.25) is 0 Å². The number of hydrogen-bond donors (Lipinski definition) is 0. The molecule has 0 aliphatic heterocycles.